The van der Waals surface area contributed by atoms with Gasteiger partial charge >= 0.3 is 0 Å². The van der Waals surface area contributed by atoms with Gasteiger partial charge in [-0.2, -0.15) is 0 Å². The summed E-state index contributed by atoms with van der Waals surface area (Å²) in [5.41, 5.74) is 3.25. The Morgan fingerprint density at radius 3 is 2.57 bits per heavy atom. The number of hydrogen-bond donors (Lipinski definition) is 1. The fraction of sp³-hybridized carbons (Fsp3) is 0.474. The summed E-state index contributed by atoms with van der Waals surface area (Å²) in [4.78, 5) is 17.0. The molecule has 3 rings (SSSR count). The van der Waals surface area contributed by atoms with E-state index in [0.29, 0.717) is 6.54 Å². The van der Waals surface area contributed by atoms with E-state index < -0.39 is 0 Å². The van der Waals surface area contributed by atoms with Crippen LogP contribution >= 0.6 is 0 Å². The Bertz CT molecular complexity index is 695. The minimum Gasteiger partial charge on any atom is -0.348 e. The molecule has 122 valence electrons. The van der Waals surface area contributed by atoms with Crippen molar-refractivity contribution in [1.82, 2.24) is 14.9 Å². The average Bonchev–Trinajstić information content (AvgIpc) is 2.90. The van der Waals surface area contributed by atoms with Crippen molar-refractivity contribution in [2.45, 2.75) is 53.0 Å². The third kappa shape index (κ3) is 3.31. The smallest absolute Gasteiger partial charge is 0.225 e. The average molecular weight is 311 g/mol. The van der Waals surface area contributed by atoms with Crippen molar-refractivity contribution < 1.29 is 4.79 Å². The first-order chi connectivity index (χ1) is 11.0. The number of aromatic nitrogens is 2. The highest BCUT2D eigenvalue weighted by Crippen LogP contribution is 2.26. The van der Waals surface area contributed by atoms with Crippen LogP contribution in [0.1, 0.15) is 50.8 Å². The zero-order chi connectivity index (χ0) is 16.4. The lowest BCUT2D eigenvalue weighted by Gasteiger charge is -2.18. The first-order valence-electron chi connectivity index (χ1n) is 8.40. The van der Waals surface area contributed by atoms with Crippen LogP contribution in [-0.2, 0) is 24.2 Å². The molecule has 1 aliphatic rings. The SMILES string of the molecule is CC(C)(C)C(=O)NCc1nc2c(n1-c1ccccc1)CCCC2. The summed E-state index contributed by atoms with van der Waals surface area (Å²) >= 11 is 0. The lowest BCUT2D eigenvalue weighted by Crippen LogP contribution is -2.35. The number of carbonyl (C=O) groups excluding carboxylic acids is 1. The third-order valence-electron chi connectivity index (χ3n) is 4.30. The van der Waals surface area contributed by atoms with Crippen molar-refractivity contribution in [2.75, 3.05) is 0 Å². The van der Waals surface area contributed by atoms with Gasteiger partial charge in [-0.25, -0.2) is 4.98 Å². The maximum atomic E-state index is 12.2. The fourth-order valence-corrected chi connectivity index (χ4v) is 3.02. The topological polar surface area (TPSA) is 46.9 Å². The molecule has 0 spiro atoms. The van der Waals surface area contributed by atoms with Crippen LogP contribution in [-0.4, -0.2) is 15.5 Å². The van der Waals surface area contributed by atoms with Gasteiger partial charge in [0.15, 0.2) is 0 Å². The number of fused-ring (bicyclic) bond motifs is 1. The van der Waals surface area contributed by atoms with Gasteiger partial charge in [0.05, 0.1) is 12.2 Å². The predicted molar refractivity (Wildman–Crippen MR) is 91.5 cm³/mol. The van der Waals surface area contributed by atoms with E-state index in [1.165, 1.54) is 24.2 Å². The van der Waals surface area contributed by atoms with Gasteiger partial charge in [-0.15, -0.1) is 0 Å². The molecule has 2 aromatic rings. The van der Waals surface area contributed by atoms with Gasteiger partial charge < -0.3 is 5.32 Å². The summed E-state index contributed by atoms with van der Waals surface area (Å²) in [5, 5.41) is 3.04. The van der Waals surface area contributed by atoms with E-state index in [1.807, 2.05) is 39.0 Å². The Balaban J connectivity index is 1.93. The summed E-state index contributed by atoms with van der Waals surface area (Å²) in [6.45, 7) is 6.25. The van der Waals surface area contributed by atoms with E-state index in [0.717, 1.165) is 24.4 Å². The summed E-state index contributed by atoms with van der Waals surface area (Å²) in [6, 6.07) is 10.3. The second-order valence-corrected chi connectivity index (χ2v) is 7.23. The molecule has 1 aromatic carbocycles. The maximum Gasteiger partial charge on any atom is 0.225 e. The van der Waals surface area contributed by atoms with Crippen LogP contribution in [0.4, 0.5) is 0 Å². The van der Waals surface area contributed by atoms with Crippen LogP contribution in [0, 0.1) is 5.41 Å². The van der Waals surface area contributed by atoms with Crippen LogP contribution in [0.3, 0.4) is 0 Å². The molecule has 1 N–H and O–H groups in total. The Morgan fingerprint density at radius 1 is 1.17 bits per heavy atom. The second kappa shape index (κ2) is 6.19. The predicted octanol–water partition coefficient (Wildman–Crippen LogP) is 3.41. The summed E-state index contributed by atoms with van der Waals surface area (Å²) < 4.78 is 2.23. The van der Waals surface area contributed by atoms with Gasteiger partial charge in [-0.05, 0) is 37.8 Å². The molecule has 0 saturated carbocycles. The van der Waals surface area contributed by atoms with E-state index in [4.69, 9.17) is 4.98 Å². The van der Waals surface area contributed by atoms with Crippen molar-refractivity contribution >= 4 is 5.91 Å². The molecule has 1 heterocycles. The largest absolute Gasteiger partial charge is 0.348 e. The number of imidazole rings is 1. The van der Waals surface area contributed by atoms with Gasteiger partial charge in [0, 0.05) is 16.8 Å². The standard InChI is InChI=1S/C19H25N3O/c1-19(2,3)18(23)20-13-17-21-15-11-7-8-12-16(15)22(17)14-9-5-4-6-10-14/h4-6,9-10H,7-8,11-13H2,1-3H3,(H,20,23). The zero-order valence-electron chi connectivity index (χ0n) is 14.2. The Hall–Kier alpha value is -2.10. The molecule has 1 aliphatic carbocycles. The van der Waals surface area contributed by atoms with Crippen LogP contribution in [0.25, 0.3) is 5.69 Å². The lowest BCUT2D eigenvalue weighted by atomic mass is 9.96. The number of aryl methyl sites for hydroxylation is 1. The molecule has 0 atom stereocenters. The molecule has 0 bridgehead atoms. The third-order valence-corrected chi connectivity index (χ3v) is 4.30. The Morgan fingerprint density at radius 2 is 1.87 bits per heavy atom. The molecular weight excluding hydrogens is 286 g/mol. The molecule has 1 amide bonds. The Labute approximate surface area is 137 Å². The van der Waals surface area contributed by atoms with Gasteiger partial charge in [0.25, 0.3) is 0 Å². The van der Waals surface area contributed by atoms with E-state index >= 15 is 0 Å². The summed E-state index contributed by atoms with van der Waals surface area (Å²) in [7, 11) is 0. The molecule has 0 fully saturated rings. The molecular formula is C19H25N3O. The number of para-hydroxylation sites is 1. The highest BCUT2D eigenvalue weighted by atomic mass is 16.2. The minimum atomic E-state index is -0.385. The van der Waals surface area contributed by atoms with Gasteiger partial charge in [-0.3, -0.25) is 9.36 Å². The minimum absolute atomic E-state index is 0.0538. The fourth-order valence-electron chi connectivity index (χ4n) is 3.02. The van der Waals surface area contributed by atoms with Crippen molar-refractivity contribution in [1.29, 1.82) is 0 Å². The van der Waals surface area contributed by atoms with E-state index in [9.17, 15) is 4.79 Å². The van der Waals surface area contributed by atoms with Crippen molar-refractivity contribution in [3.63, 3.8) is 0 Å². The van der Waals surface area contributed by atoms with Gasteiger partial charge in [-0.1, -0.05) is 39.0 Å². The number of nitrogens with zero attached hydrogens (tertiary/aromatic N) is 2. The number of amides is 1. The molecule has 4 heteroatoms. The molecule has 0 aliphatic heterocycles. The number of nitrogens with one attached hydrogen (secondary N) is 1. The summed E-state index contributed by atoms with van der Waals surface area (Å²) in [6.07, 6.45) is 4.51. The van der Waals surface area contributed by atoms with Crippen LogP contribution in [0.2, 0.25) is 0 Å². The quantitative estimate of drug-likeness (QED) is 0.944. The Kier molecular flexibility index (Phi) is 4.24. The van der Waals surface area contributed by atoms with Crippen molar-refractivity contribution in [3.05, 3.63) is 47.5 Å². The van der Waals surface area contributed by atoms with Crippen molar-refractivity contribution in [3.8, 4) is 5.69 Å². The number of hydrogen-bond acceptors (Lipinski definition) is 2. The monoisotopic (exact) mass is 311 g/mol. The van der Waals surface area contributed by atoms with E-state index in [-0.39, 0.29) is 11.3 Å². The van der Waals surface area contributed by atoms with Crippen LogP contribution < -0.4 is 5.32 Å². The molecule has 0 radical (unpaired) electrons. The zero-order valence-corrected chi connectivity index (χ0v) is 14.2. The van der Waals surface area contributed by atoms with Gasteiger partial charge in [0.2, 0.25) is 5.91 Å². The van der Waals surface area contributed by atoms with E-state index in [1.54, 1.807) is 0 Å². The first-order valence-corrected chi connectivity index (χ1v) is 8.40. The highest BCUT2D eigenvalue weighted by Gasteiger charge is 2.24. The van der Waals surface area contributed by atoms with Crippen LogP contribution in [0.5, 0.6) is 0 Å². The molecule has 1 aromatic heterocycles. The lowest BCUT2D eigenvalue weighted by molar-refractivity contribution is -0.128. The van der Waals surface area contributed by atoms with Crippen molar-refractivity contribution in [2.24, 2.45) is 5.41 Å². The second-order valence-electron chi connectivity index (χ2n) is 7.23. The molecule has 4 nitrogen and oxygen atoms in total. The van der Waals surface area contributed by atoms with Gasteiger partial charge in [0.1, 0.15) is 5.82 Å². The molecule has 23 heavy (non-hydrogen) atoms. The summed E-state index contributed by atoms with van der Waals surface area (Å²) in [5.74, 6) is 0.985. The molecule has 0 saturated heterocycles. The van der Waals surface area contributed by atoms with E-state index in [2.05, 4.69) is 22.0 Å². The number of carbonyl (C=O) groups is 1. The maximum absolute atomic E-state index is 12.2. The normalized spacial score (nSPS) is 14.4. The highest BCUT2D eigenvalue weighted by molar-refractivity contribution is 5.81. The number of benzene rings is 1. The van der Waals surface area contributed by atoms with Crippen LogP contribution in [0.15, 0.2) is 30.3 Å². The molecule has 0 unspecified atom stereocenters. The first kappa shape index (κ1) is 15.8. The number of rotatable bonds is 3.